The largest absolute Gasteiger partial charge is 0.442 e. The summed E-state index contributed by atoms with van der Waals surface area (Å²) in [5, 5.41) is 5.52. The average Bonchev–Trinajstić information content (AvgIpc) is 2.31. The highest BCUT2D eigenvalue weighted by Gasteiger charge is 2.24. The third-order valence-electron chi connectivity index (χ3n) is 1.09. The van der Waals surface area contributed by atoms with E-state index in [4.69, 9.17) is 10.6 Å². The fourth-order valence-corrected chi connectivity index (χ4v) is 0.668. The van der Waals surface area contributed by atoms with Gasteiger partial charge >= 0.3 is 6.09 Å². The highest BCUT2D eigenvalue weighted by Crippen LogP contribution is 2.09. The highest BCUT2D eigenvalue weighted by molar-refractivity contribution is 5.82. The molecule has 0 aromatic carbocycles. The zero-order chi connectivity index (χ0) is 10.1. The van der Waals surface area contributed by atoms with Gasteiger partial charge in [0.2, 0.25) is 0 Å². The van der Waals surface area contributed by atoms with E-state index >= 15 is 0 Å². The molecule has 0 bridgehead atoms. The quantitative estimate of drug-likeness (QED) is 0.512. The van der Waals surface area contributed by atoms with Gasteiger partial charge in [-0.3, -0.25) is 0 Å². The van der Waals surface area contributed by atoms with Crippen LogP contribution in [-0.4, -0.2) is 28.3 Å². The number of amides is 1. The van der Waals surface area contributed by atoms with Gasteiger partial charge in [0.25, 0.3) is 0 Å². The molecule has 7 heteroatoms. The van der Waals surface area contributed by atoms with Gasteiger partial charge in [0.1, 0.15) is 11.9 Å². The number of nitrogens with two attached hydrogens (primary N) is 1. The molecule has 0 saturated carbocycles. The van der Waals surface area contributed by atoms with Crippen LogP contribution in [0.15, 0.2) is 5.10 Å². The molecule has 0 radical (unpaired) electrons. The van der Waals surface area contributed by atoms with E-state index in [0.717, 1.165) is 10.2 Å². The van der Waals surface area contributed by atoms with Gasteiger partial charge in [-0.15, -0.1) is 15.9 Å². The Morgan fingerprint density at radius 1 is 1.62 bits per heavy atom. The van der Waals surface area contributed by atoms with E-state index in [0.29, 0.717) is 0 Å². The molecule has 0 fully saturated rings. The lowest BCUT2D eigenvalue weighted by Crippen LogP contribution is -2.48. The van der Waals surface area contributed by atoms with Gasteiger partial charge in [-0.05, 0) is 20.8 Å². The highest BCUT2D eigenvalue weighted by atomic mass is 16.6. The molecule has 1 amide bonds. The molecule has 0 aliphatic carbocycles. The molecule has 0 spiro atoms. The zero-order valence-electron chi connectivity index (χ0n) is 7.81. The minimum absolute atomic E-state index is 0.533. The Bertz CT molecular complexity index is 234. The predicted octanol–water partition coefficient (Wildman–Crippen LogP) is -0.224. The molecule has 7 nitrogen and oxygen atoms in total. The van der Waals surface area contributed by atoms with Crippen LogP contribution in [0.1, 0.15) is 20.8 Å². The first kappa shape index (κ1) is 9.75. The number of nitrogens with one attached hydrogen (secondary N) is 1. The predicted molar refractivity (Wildman–Crippen MR) is 45.7 cm³/mol. The minimum Gasteiger partial charge on any atom is -0.442 e. The van der Waals surface area contributed by atoms with Gasteiger partial charge in [-0.1, -0.05) is 0 Å². The van der Waals surface area contributed by atoms with Crippen molar-refractivity contribution in [3.05, 3.63) is 0 Å². The number of carbonyl (C=O) groups excluding carboxylic acids is 1. The lowest BCUT2D eigenvalue weighted by molar-refractivity contribution is 0.0154. The van der Waals surface area contributed by atoms with Gasteiger partial charge < -0.3 is 4.74 Å². The Morgan fingerprint density at radius 2 is 2.23 bits per heavy atom. The molecule has 1 rings (SSSR count). The summed E-state index contributed by atoms with van der Waals surface area (Å²) < 4.78 is 5.02. The molecule has 74 valence electrons. The Labute approximate surface area is 76.0 Å². The number of nitrogens with zero attached hydrogens (tertiary/aromatic N) is 3. The molecule has 13 heavy (non-hydrogen) atoms. The van der Waals surface area contributed by atoms with Crippen LogP contribution >= 0.6 is 0 Å². The first-order valence-electron chi connectivity index (χ1n) is 3.76. The van der Waals surface area contributed by atoms with Crippen molar-refractivity contribution in [1.29, 1.82) is 0 Å². The maximum absolute atomic E-state index is 11.3. The Kier molecular flexibility index (Phi) is 2.39. The van der Waals surface area contributed by atoms with E-state index in [2.05, 4.69) is 10.6 Å². The molecule has 0 unspecified atom stereocenters. The SMILES string of the molecule is CC(C)(C)OC(=O)N1C=NN(N)N1. The van der Waals surface area contributed by atoms with E-state index in [1.807, 2.05) is 0 Å². The van der Waals surface area contributed by atoms with E-state index in [-0.39, 0.29) is 0 Å². The Hall–Kier alpha value is -1.34. The zero-order valence-corrected chi connectivity index (χ0v) is 7.81. The van der Waals surface area contributed by atoms with Gasteiger partial charge in [0.15, 0.2) is 0 Å². The topological polar surface area (TPSA) is 83.2 Å². The summed E-state index contributed by atoms with van der Waals surface area (Å²) in [6, 6.07) is 0. The summed E-state index contributed by atoms with van der Waals surface area (Å²) in [7, 11) is 0. The van der Waals surface area contributed by atoms with Crippen molar-refractivity contribution in [3.8, 4) is 0 Å². The monoisotopic (exact) mass is 187 g/mol. The van der Waals surface area contributed by atoms with Gasteiger partial charge in [0, 0.05) is 0 Å². The van der Waals surface area contributed by atoms with Crippen molar-refractivity contribution in [3.63, 3.8) is 0 Å². The summed E-state index contributed by atoms with van der Waals surface area (Å²) in [5.41, 5.74) is 1.89. The molecule has 3 N–H and O–H groups in total. The standard InChI is InChI=1S/C6H13N5O2/c1-6(2,3)13-5(12)10-4-8-11(7)9-10/h4,9H,7H2,1-3H3. The van der Waals surface area contributed by atoms with Crippen molar-refractivity contribution in [2.45, 2.75) is 26.4 Å². The lowest BCUT2D eigenvalue weighted by Gasteiger charge is -2.22. The normalized spacial score (nSPS) is 16.6. The second-order valence-electron chi connectivity index (χ2n) is 3.53. The molecular formula is C6H13N5O2. The van der Waals surface area contributed by atoms with Crippen LogP contribution in [0.25, 0.3) is 0 Å². The summed E-state index contributed by atoms with van der Waals surface area (Å²) in [5.74, 6) is 5.20. The number of hydrogen-bond acceptors (Lipinski definition) is 6. The van der Waals surface area contributed by atoms with E-state index in [1.165, 1.54) is 6.34 Å². The molecule has 0 atom stereocenters. The van der Waals surface area contributed by atoms with Gasteiger partial charge in [-0.2, -0.15) is 5.01 Å². The molecular weight excluding hydrogens is 174 g/mol. The molecule has 0 saturated heterocycles. The van der Waals surface area contributed by atoms with Gasteiger partial charge in [0.05, 0.1) is 0 Å². The van der Waals surface area contributed by atoms with E-state index in [1.54, 1.807) is 20.8 Å². The Morgan fingerprint density at radius 3 is 2.62 bits per heavy atom. The van der Waals surface area contributed by atoms with Crippen LogP contribution in [0, 0.1) is 0 Å². The average molecular weight is 187 g/mol. The van der Waals surface area contributed by atoms with Crippen LogP contribution in [0.4, 0.5) is 4.79 Å². The van der Waals surface area contributed by atoms with Crippen LogP contribution < -0.4 is 11.4 Å². The number of ether oxygens (including phenoxy) is 1. The smallest absolute Gasteiger partial charge is 0.432 e. The first-order chi connectivity index (χ1) is 5.88. The number of carbonyl (C=O) groups is 1. The summed E-state index contributed by atoms with van der Waals surface area (Å²) in [6.45, 7) is 5.33. The molecule has 1 aliphatic rings. The van der Waals surface area contributed by atoms with Crippen LogP contribution in [0.3, 0.4) is 0 Å². The number of rotatable bonds is 0. The van der Waals surface area contributed by atoms with E-state index in [9.17, 15) is 4.79 Å². The lowest BCUT2D eigenvalue weighted by atomic mass is 10.2. The fraction of sp³-hybridized carbons (Fsp3) is 0.667. The van der Waals surface area contributed by atoms with Crippen LogP contribution in [-0.2, 0) is 4.74 Å². The maximum Gasteiger partial charge on any atom is 0.432 e. The fourth-order valence-electron chi connectivity index (χ4n) is 0.668. The second-order valence-corrected chi connectivity index (χ2v) is 3.53. The number of hydrogen-bond donors (Lipinski definition) is 2. The van der Waals surface area contributed by atoms with Crippen molar-refractivity contribution in [1.82, 2.24) is 15.8 Å². The molecule has 0 aromatic rings. The van der Waals surface area contributed by atoms with Crippen LogP contribution in [0.2, 0.25) is 0 Å². The molecule has 1 aliphatic heterocycles. The summed E-state index contributed by atoms with van der Waals surface area (Å²) >= 11 is 0. The molecule has 1 heterocycles. The van der Waals surface area contributed by atoms with Crippen molar-refractivity contribution >= 4 is 12.4 Å². The van der Waals surface area contributed by atoms with E-state index < -0.39 is 11.7 Å². The van der Waals surface area contributed by atoms with Crippen molar-refractivity contribution in [2.75, 3.05) is 0 Å². The van der Waals surface area contributed by atoms with Gasteiger partial charge in [-0.25, -0.2) is 10.6 Å². The van der Waals surface area contributed by atoms with Crippen LogP contribution in [0.5, 0.6) is 0 Å². The Balaban J connectivity index is 2.46. The third kappa shape index (κ3) is 2.88. The first-order valence-corrected chi connectivity index (χ1v) is 3.76. The number of hydrazine groups is 3. The molecule has 0 aromatic heterocycles. The third-order valence-corrected chi connectivity index (χ3v) is 1.09. The second kappa shape index (κ2) is 3.19. The number of hydrazone groups is 1. The maximum atomic E-state index is 11.3. The minimum atomic E-state index is -0.552. The van der Waals surface area contributed by atoms with Crippen molar-refractivity contribution in [2.24, 2.45) is 10.9 Å². The summed E-state index contributed by atoms with van der Waals surface area (Å²) in [4.78, 5) is 11.3. The van der Waals surface area contributed by atoms with Crippen molar-refractivity contribution < 1.29 is 9.53 Å². The summed E-state index contributed by atoms with van der Waals surface area (Å²) in [6.07, 6.45) is 0.679.